The van der Waals surface area contributed by atoms with Gasteiger partial charge in [0.05, 0.1) is 4.92 Å². The third-order valence-corrected chi connectivity index (χ3v) is 3.52. The van der Waals surface area contributed by atoms with E-state index in [9.17, 15) is 14.9 Å². The number of nitro groups is 1. The molecule has 6 nitrogen and oxygen atoms in total. The van der Waals surface area contributed by atoms with Crippen molar-refractivity contribution in [2.24, 2.45) is 5.73 Å². The fraction of sp³-hybridized carbons (Fsp3) is 0.462. The number of rotatable bonds is 9. The molecule has 3 N–H and O–H groups in total. The summed E-state index contributed by atoms with van der Waals surface area (Å²) in [6.07, 6.45) is 5.19. The molecule has 0 radical (unpaired) electrons. The first-order chi connectivity index (χ1) is 9.56. The fourth-order valence-electron chi connectivity index (χ4n) is 1.76. The lowest BCUT2D eigenvalue weighted by atomic mass is 10.1. The summed E-state index contributed by atoms with van der Waals surface area (Å²) in [6.45, 7) is 0.636. The summed E-state index contributed by atoms with van der Waals surface area (Å²) in [5.41, 5.74) is 5.75. The van der Waals surface area contributed by atoms with E-state index in [0.29, 0.717) is 12.2 Å². The highest BCUT2D eigenvalue weighted by atomic mass is 32.2. The zero-order valence-electron chi connectivity index (χ0n) is 11.4. The van der Waals surface area contributed by atoms with Crippen molar-refractivity contribution in [2.75, 3.05) is 23.9 Å². The van der Waals surface area contributed by atoms with Crippen LogP contribution in [0, 0.1) is 10.1 Å². The Bertz CT molecular complexity index is 480. The van der Waals surface area contributed by atoms with Crippen LogP contribution >= 0.6 is 11.8 Å². The van der Waals surface area contributed by atoms with Gasteiger partial charge in [-0.3, -0.25) is 14.9 Å². The molecule has 1 aromatic rings. The lowest BCUT2D eigenvalue weighted by Crippen LogP contribution is -2.12. The van der Waals surface area contributed by atoms with E-state index < -0.39 is 10.8 Å². The van der Waals surface area contributed by atoms with Gasteiger partial charge >= 0.3 is 0 Å². The molecular formula is C13H19N3O3S. The summed E-state index contributed by atoms with van der Waals surface area (Å²) in [7, 11) is 0. The molecule has 0 saturated heterocycles. The van der Waals surface area contributed by atoms with Gasteiger partial charge in [-0.2, -0.15) is 11.8 Å². The van der Waals surface area contributed by atoms with Gasteiger partial charge in [0.1, 0.15) is 5.69 Å². The number of carbonyl (C=O) groups excluding carboxylic acids is 1. The molecule has 0 fully saturated rings. The zero-order chi connectivity index (χ0) is 15.0. The van der Waals surface area contributed by atoms with Crippen LogP contribution in [-0.2, 0) is 0 Å². The molecule has 0 heterocycles. The van der Waals surface area contributed by atoms with Gasteiger partial charge in [-0.1, -0.05) is 6.42 Å². The minimum Gasteiger partial charge on any atom is -0.379 e. The minimum absolute atomic E-state index is 0.0425. The Balaban J connectivity index is 2.63. The van der Waals surface area contributed by atoms with Crippen LogP contribution in [0.4, 0.5) is 11.4 Å². The molecule has 0 bridgehead atoms. The fourth-order valence-corrected chi connectivity index (χ4v) is 2.25. The van der Waals surface area contributed by atoms with E-state index in [4.69, 9.17) is 5.73 Å². The number of anilines is 1. The SMILES string of the molecule is CSCCCCCNc1cc(C(N)=O)ccc1[N+](=O)[O-]. The number of nitrogens with zero attached hydrogens (tertiary/aromatic N) is 1. The lowest BCUT2D eigenvalue weighted by Gasteiger charge is -2.08. The molecule has 0 saturated carbocycles. The summed E-state index contributed by atoms with van der Waals surface area (Å²) >= 11 is 1.81. The summed E-state index contributed by atoms with van der Waals surface area (Å²) < 4.78 is 0. The molecule has 0 spiro atoms. The Labute approximate surface area is 122 Å². The van der Waals surface area contributed by atoms with Gasteiger partial charge in [0.2, 0.25) is 5.91 Å². The first-order valence-corrected chi connectivity index (χ1v) is 7.76. The van der Waals surface area contributed by atoms with Gasteiger partial charge in [-0.15, -0.1) is 0 Å². The maximum absolute atomic E-state index is 11.1. The molecule has 0 aliphatic heterocycles. The number of nitrogens with one attached hydrogen (secondary N) is 1. The van der Waals surface area contributed by atoms with Gasteiger partial charge in [-0.05, 0) is 37.0 Å². The second kappa shape index (κ2) is 8.42. The highest BCUT2D eigenvalue weighted by Gasteiger charge is 2.15. The van der Waals surface area contributed by atoms with Gasteiger partial charge in [0.15, 0.2) is 0 Å². The Kier molecular flexibility index (Phi) is 6.86. The number of hydrogen-bond acceptors (Lipinski definition) is 5. The minimum atomic E-state index is -0.595. The molecule has 0 atom stereocenters. The number of thioether (sulfide) groups is 1. The first kappa shape index (κ1) is 16.3. The predicted molar refractivity (Wildman–Crippen MR) is 82.3 cm³/mol. The summed E-state index contributed by atoms with van der Waals surface area (Å²) in [5.74, 6) is 0.528. The Morgan fingerprint density at radius 2 is 2.15 bits per heavy atom. The number of unbranched alkanes of at least 4 members (excludes halogenated alkanes) is 2. The van der Waals surface area contributed by atoms with Crippen molar-refractivity contribution in [3.05, 3.63) is 33.9 Å². The van der Waals surface area contributed by atoms with E-state index in [1.54, 1.807) is 11.8 Å². The normalized spacial score (nSPS) is 10.2. The van der Waals surface area contributed by atoms with Crippen LogP contribution in [0.15, 0.2) is 18.2 Å². The van der Waals surface area contributed by atoms with E-state index in [2.05, 4.69) is 11.6 Å². The molecule has 1 rings (SSSR count). The number of hydrogen-bond donors (Lipinski definition) is 2. The van der Waals surface area contributed by atoms with Crippen LogP contribution in [0.25, 0.3) is 0 Å². The van der Waals surface area contributed by atoms with Gasteiger partial charge in [0, 0.05) is 18.2 Å². The third kappa shape index (κ3) is 5.08. The van der Waals surface area contributed by atoms with Crippen molar-refractivity contribution in [1.29, 1.82) is 0 Å². The Hall–Kier alpha value is -1.76. The Morgan fingerprint density at radius 3 is 2.75 bits per heavy atom. The van der Waals surface area contributed by atoms with Gasteiger partial charge in [0.25, 0.3) is 5.69 Å². The van der Waals surface area contributed by atoms with E-state index in [1.165, 1.54) is 18.2 Å². The molecule has 110 valence electrons. The molecule has 7 heteroatoms. The second-order valence-corrected chi connectivity index (χ2v) is 5.32. The topological polar surface area (TPSA) is 98.3 Å². The Morgan fingerprint density at radius 1 is 1.40 bits per heavy atom. The van der Waals surface area contributed by atoms with Crippen LogP contribution in [-0.4, -0.2) is 29.4 Å². The number of amides is 1. The number of primary amides is 1. The van der Waals surface area contributed by atoms with E-state index in [0.717, 1.165) is 25.0 Å². The van der Waals surface area contributed by atoms with Crippen LogP contribution in [0.1, 0.15) is 29.6 Å². The van der Waals surface area contributed by atoms with Crippen LogP contribution in [0.2, 0.25) is 0 Å². The van der Waals surface area contributed by atoms with E-state index in [1.807, 2.05) is 0 Å². The molecule has 0 aliphatic rings. The molecule has 1 aromatic carbocycles. The van der Waals surface area contributed by atoms with Crippen LogP contribution in [0.3, 0.4) is 0 Å². The average Bonchev–Trinajstić information content (AvgIpc) is 2.42. The number of benzene rings is 1. The van der Waals surface area contributed by atoms with Crippen molar-refractivity contribution in [1.82, 2.24) is 0 Å². The molecule has 0 aromatic heterocycles. The molecule has 1 amide bonds. The molecule has 20 heavy (non-hydrogen) atoms. The maximum Gasteiger partial charge on any atom is 0.292 e. The van der Waals surface area contributed by atoms with Crippen molar-refractivity contribution in [3.63, 3.8) is 0 Å². The van der Waals surface area contributed by atoms with Crippen molar-refractivity contribution < 1.29 is 9.72 Å². The first-order valence-electron chi connectivity index (χ1n) is 6.37. The van der Waals surface area contributed by atoms with Gasteiger partial charge in [-0.25, -0.2) is 0 Å². The standard InChI is InChI=1S/C13H19N3O3S/c1-20-8-4-2-3-7-15-11-9-10(13(14)17)5-6-12(11)16(18)19/h5-6,9,15H,2-4,7-8H2,1H3,(H2,14,17). The third-order valence-electron chi connectivity index (χ3n) is 2.82. The quantitative estimate of drug-likeness (QED) is 0.415. The van der Waals surface area contributed by atoms with Crippen molar-refractivity contribution in [3.8, 4) is 0 Å². The van der Waals surface area contributed by atoms with Crippen LogP contribution in [0.5, 0.6) is 0 Å². The predicted octanol–water partition coefficient (Wildman–Crippen LogP) is 2.64. The van der Waals surface area contributed by atoms with Crippen LogP contribution < -0.4 is 11.1 Å². The largest absolute Gasteiger partial charge is 0.379 e. The van der Waals surface area contributed by atoms with E-state index in [-0.39, 0.29) is 11.3 Å². The molecule has 0 aliphatic carbocycles. The smallest absolute Gasteiger partial charge is 0.292 e. The maximum atomic E-state index is 11.1. The average molecular weight is 297 g/mol. The monoisotopic (exact) mass is 297 g/mol. The lowest BCUT2D eigenvalue weighted by molar-refractivity contribution is -0.384. The number of nitrogens with two attached hydrogens (primary N) is 1. The summed E-state index contributed by atoms with van der Waals surface area (Å²) in [4.78, 5) is 21.6. The number of nitro benzene ring substituents is 1. The molecular weight excluding hydrogens is 278 g/mol. The van der Waals surface area contributed by atoms with Crippen molar-refractivity contribution >= 4 is 29.0 Å². The second-order valence-electron chi connectivity index (χ2n) is 4.33. The zero-order valence-corrected chi connectivity index (χ0v) is 12.2. The highest BCUT2D eigenvalue weighted by molar-refractivity contribution is 7.98. The number of carbonyl (C=O) groups is 1. The summed E-state index contributed by atoms with van der Waals surface area (Å²) in [6, 6.07) is 4.10. The van der Waals surface area contributed by atoms with E-state index >= 15 is 0 Å². The highest BCUT2D eigenvalue weighted by Crippen LogP contribution is 2.25. The summed E-state index contributed by atoms with van der Waals surface area (Å²) in [5, 5.41) is 13.9. The van der Waals surface area contributed by atoms with Gasteiger partial charge < -0.3 is 11.1 Å². The molecule has 0 unspecified atom stereocenters. The van der Waals surface area contributed by atoms with Crippen molar-refractivity contribution in [2.45, 2.75) is 19.3 Å².